The van der Waals surface area contributed by atoms with Gasteiger partial charge in [-0.2, -0.15) is 5.10 Å². The summed E-state index contributed by atoms with van der Waals surface area (Å²) in [5.41, 5.74) is -0.0440. The molecule has 9 nitrogen and oxygen atoms in total. The van der Waals surface area contributed by atoms with Gasteiger partial charge in [0.2, 0.25) is 5.91 Å². The Balaban J connectivity index is 1.39. The molecule has 1 aliphatic heterocycles. The number of piperidine rings is 1. The Morgan fingerprint density at radius 3 is 2.54 bits per heavy atom. The number of likely N-dealkylation sites (tertiary alicyclic amines) is 1. The van der Waals surface area contributed by atoms with Crippen molar-refractivity contribution in [2.75, 3.05) is 0 Å². The van der Waals surface area contributed by atoms with Crippen molar-refractivity contribution in [1.82, 2.24) is 14.7 Å². The van der Waals surface area contributed by atoms with Crippen LogP contribution < -0.4 is 4.74 Å². The number of alkyl halides is 3. The third-order valence-electron chi connectivity index (χ3n) is 7.01. The molecular formula is C26H21F4N3O6. The lowest BCUT2D eigenvalue weighted by Gasteiger charge is -2.27. The Bertz CT molecular complexity index is 1530. The monoisotopic (exact) mass is 547 g/mol. The Labute approximate surface area is 217 Å². The fourth-order valence-electron chi connectivity index (χ4n) is 5.20. The van der Waals surface area contributed by atoms with Crippen LogP contribution in [0.5, 0.6) is 5.75 Å². The number of hydrogen-bond donors (Lipinski definition) is 1. The number of carboxylic acid groups (broad SMARTS) is 1. The molecule has 0 spiro atoms. The summed E-state index contributed by atoms with van der Waals surface area (Å²) in [6, 6.07) is 6.04. The molecule has 0 radical (unpaired) electrons. The molecule has 2 fully saturated rings. The van der Waals surface area contributed by atoms with E-state index in [1.807, 2.05) is 0 Å². The molecule has 2 aliphatic rings. The lowest BCUT2D eigenvalue weighted by atomic mass is 9.99. The zero-order valence-electron chi connectivity index (χ0n) is 20.4. The lowest BCUT2D eigenvalue weighted by molar-refractivity contribution is -0.275. The third-order valence-corrected chi connectivity index (χ3v) is 7.01. The van der Waals surface area contributed by atoms with Gasteiger partial charge in [-0.1, -0.05) is 12.1 Å². The minimum absolute atomic E-state index is 0.0597. The number of hydrogen-bond acceptors (Lipinski definition) is 6. The van der Waals surface area contributed by atoms with Crippen LogP contribution >= 0.6 is 0 Å². The highest BCUT2D eigenvalue weighted by Crippen LogP contribution is 2.48. The number of carbonyl (C=O) groups is 4. The first-order chi connectivity index (χ1) is 18.3. The summed E-state index contributed by atoms with van der Waals surface area (Å²) in [5.74, 6) is -4.93. The van der Waals surface area contributed by atoms with E-state index >= 15 is 0 Å². The smallest absolute Gasteiger partial charge is 0.478 e. The van der Waals surface area contributed by atoms with Gasteiger partial charge in [-0.05, 0) is 48.6 Å². The highest BCUT2D eigenvalue weighted by atomic mass is 19.4. The predicted molar refractivity (Wildman–Crippen MR) is 126 cm³/mol. The van der Waals surface area contributed by atoms with Crippen molar-refractivity contribution >= 4 is 34.3 Å². The second-order valence-corrected chi connectivity index (χ2v) is 9.64. The molecule has 1 N–H and O–H groups in total. The van der Waals surface area contributed by atoms with Crippen LogP contribution in [0.25, 0.3) is 10.9 Å². The van der Waals surface area contributed by atoms with Crippen LogP contribution in [0.15, 0.2) is 36.4 Å². The minimum Gasteiger partial charge on any atom is -0.478 e. The number of benzene rings is 2. The number of aromatic nitrogens is 2. The zero-order valence-corrected chi connectivity index (χ0v) is 20.4. The van der Waals surface area contributed by atoms with E-state index in [4.69, 9.17) is 0 Å². The minimum atomic E-state index is -5.11. The molecule has 1 aliphatic carbocycles. The highest BCUT2D eigenvalue weighted by molar-refractivity contribution is 6.06. The van der Waals surface area contributed by atoms with Gasteiger partial charge in [-0.25, -0.2) is 9.18 Å². The van der Waals surface area contributed by atoms with Crippen LogP contribution in [0.3, 0.4) is 0 Å². The van der Waals surface area contributed by atoms with Gasteiger partial charge in [0, 0.05) is 24.8 Å². The molecule has 1 saturated heterocycles. The summed E-state index contributed by atoms with van der Waals surface area (Å²) in [5, 5.41) is 13.9. The van der Waals surface area contributed by atoms with E-state index in [1.165, 1.54) is 40.8 Å². The Morgan fingerprint density at radius 2 is 1.87 bits per heavy atom. The number of Topliss-reactive ketones (excluding diaryl/α,β-unsaturated/α-hetero) is 2. The molecule has 1 saturated carbocycles. The number of rotatable bonds is 8. The molecule has 204 valence electrons. The van der Waals surface area contributed by atoms with Crippen molar-refractivity contribution in [2.24, 2.45) is 5.92 Å². The van der Waals surface area contributed by atoms with Crippen LogP contribution in [-0.4, -0.2) is 61.7 Å². The Hall–Kier alpha value is -4.29. The van der Waals surface area contributed by atoms with Crippen molar-refractivity contribution in [2.45, 2.75) is 51.2 Å². The van der Waals surface area contributed by atoms with E-state index in [9.17, 15) is 41.8 Å². The maximum Gasteiger partial charge on any atom is 0.573 e. The van der Waals surface area contributed by atoms with Crippen LogP contribution in [-0.2, 0) is 22.6 Å². The maximum absolute atomic E-state index is 14.6. The van der Waals surface area contributed by atoms with Crippen LogP contribution in [0.4, 0.5) is 17.6 Å². The molecule has 13 heteroatoms. The molecular weight excluding hydrogens is 526 g/mol. The topological polar surface area (TPSA) is 119 Å². The number of nitrogens with zero attached hydrogens (tertiary/aromatic N) is 3. The number of amides is 1. The summed E-state index contributed by atoms with van der Waals surface area (Å²) >= 11 is 0. The Morgan fingerprint density at radius 1 is 1.13 bits per heavy atom. The summed E-state index contributed by atoms with van der Waals surface area (Å²) in [4.78, 5) is 51.5. The van der Waals surface area contributed by atoms with Crippen LogP contribution in [0.2, 0.25) is 0 Å². The largest absolute Gasteiger partial charge is 0.573 e. The fourth-order valence-corrected chi connectivity index (χ4v) is 5.20. The molecule has 5 rings (SSSR count). The highest BCUT2D eigenvalue weighted by Gasteiger charge is 2.55. The molecule has 2 aromatic carbocycles. The van der Waals surface area contributed by atoms with Crippen LogP contribution in [0, 0.1) is 11.7 Å². The van der Waals surface area contributed by atoms with E-state index in [-0.39, 0.29) is 46.6 Å². The molecule has 39 heavy (non-hydrogen) atoms. The SMILES string of the molecule is CC(=O)c1nn(CC(=O)N2[C@@H]3C[C@@H]3C[C@H]2C(=O)Cc2cccc(OC(F)(F)F)c2F)c2cc(C(=O)O)ccc12. The second-order valence-electron chi connectivity index (χ2n) is 9.64. The fraction of sp³-hybridized carbons (Fsp3) is 0.346. The van der Waals surface area contributed by atoms with E-state index < -0.39 is 48.1 Å². The summed E-state index contributed by atoms with van der Waals surface area (Å²) in [6.07, 6.45) is -4.66. The molecule has 2 heterocycles. The molecule has 0 bridgehead atoms. The average molecular weight is 547 g/mol. The van der Waals surface area contributed by atoms with Crippen molar-refractivity contribution in [3.05, 3.63) is 59.0 Å². The van der Waals surface area contributed by atoms with Gasteiger partial charge in [0.1, 0.15) is 12.2 Å². The number of ether oxygens (including phenoxy) is 1. The molecule has 0 unspecified atom stereocenters. The van der Waals surface area contributed by atoms with E-state index in [0.29, 0.717) is 18.2 Å². The Kier molecular flexibility index (Phi) is 6.39. The third kappa shape index (κ3) is 5.08. The number of carbonyl (C=O) groups excluding carboxylic acids is 3. The van der Waals surface area contributed by atoms with Gasteiger partial charge in [-0.15, -0.1) is 13.2 Å². The van der Waals surface area contributed by atoms with Crippen molar-refractivity contribution in [3.8, 4) is 5.75 Å². The standard InChI is InChI=1S/C26H21F4N3O6/c1-12(34)24-16-6-5-14(25(37)38)7-18(16)32(31-24)11-22(36)33-17-8-15(17)9-19(33)20(35)10-13-3-2-4-21(23(13)27)39-26(28,29)30/h2-7,15,17,19H,8-11H2,1H3,(H,37,38)/t15-,17-,19+/m1/s1. The van der Waals surface area contributed by atoms with E-state index in [1.54, 1.807) is 0 Å². The van der Waals surface area contributed by atoms with Crippen molar-refractivity contribution in [3.63, 3.8) is 0 Å². The average Bonchev–Trinajstić information content (AvgIpc) is 3.36. The van der Waals surface area contributed by atoms with Crippen molar-refractivity contribution in [1.29, 1.82) is 0 Å². The van der Waals surface area contributed by atoms with Gasteiger partial charge in [0.05, 0.1) is 17.1 Å². The number of halogens is 4. The van der Waals surface area contributed by atoms with Gasteiger partial charge < -0.3 is 14.7 Å². The number of aromatic carboxylic acids is 1. The lowest BCUT2D eigenvalue weighted by Crippen LogP contribution is -2.45. The van der Waals surface area contributed by atoms with Gasteiger partial charge in [0.25, 0.3) is 0 Å². The predicted octanol–water partition coefficient (Wildman–Crippen LogP) is 3.78. The second kappa shape index (κ2) is 9.47. The number of fused-ring (bicyclic) bond motifs is 2. The summed E-state index contributed by atoms with van der Waals surface area (Å²) in [6.45, 7) is 0.903. The number of carboxylic acids is 1. The molecule has 3 aromatic rings. The van der Waals surface area contributed by atoms with Gasteiger partial charge in [-0.3, -0.25) is 19.1 Å². The van der Waals surface area contributed by atoms with E-state index in [0.717, 1.165) is 12.1 Å². The number of ketones is 2. The maximum atomic E-state index is 14.6. The zero-order chi connectivity index (χ0) is 28.2. The van der Waals surface area contributed by atoms with Gasteiger partial charge >= 0.3 is 12.3 Å². The molecule has 1 aromatic heterocycles. The molecule has 3 atom stereocenters. The first kappa shape index (κ1) is 26.3. The van der Waals surface area contributed by atoms with Crippen LogP contribution in [0.1, 0.15) is 46.2 Å². The first-order valence-corrected chi connectivity index (χ1v) is 12.0. The van der Waals surface area contributed by atoms with E-state index in [2.05, 4.69) is 9.84 Å². The first-order valence-electron chi connectivity index (χ1n) is 12.0. The summed E-state index contributed by atoms with van der Waals surface area (Å²) in [7, 11) is 0. The quantitative estimate of drug-likeness (QED) is 0.337. The van der Waals surface area contributed by atoms with Crippen molar-refractivity contribution < 1.29 is 46.6 Å². The van der Waals surface area contributed by atoms with Gasteiger partial charge in [0.15, 0.2) is 23.1 Å². The summed E-state index contributed by atoms with van der Waals surface area (Å²) < 4.78 is 57.3. The normalized spacial score (nSPS) is 20.1. The molecule has 1 amide bonds.